The molecule has 96 valence electrons. The standard InChI is InChI=1S/C16H22N2/c1-10(2)9-14-16-13(7-8-17-14)12-6-4-5-11(3)15(12)18-16/h4-6,10,14,17-18H,7-9H2,1-3H3. The summed E-state index contributed by atoms with van der Waals surface area (Å²) in [5, 5.41) is 5.09. The molecule has 2 heteroatoms. The van der Waals surface area contributed by atoms with Gasteiger partial charge >= 0.3 is 0 Å². The summed E-state index contributed by atoms with van der Waals surface area (Å²) in [6.07, 6.45) is 2.35. The third-order valence-electron chi connectivity index (χ3n) is 4.00. The highest BCUT2D eigenvalue weighted by molar-refractivity contribution is 5.87. The van der Waals surface area contributed by atoms with Gasteiger partial charge in [-0.15, -0.1) is 0 Å². The molecule has 18 heavy (non-hydrogen) atoms. The number of aromatic amines is 1. The second kappa shape index (κ2) is 4.43. The van der Waals surface area contributed by atoms with E-state index in [4.69, 9.17) is 0 Å². The molecule has 1 atom stereocenters. The predicted octanol–water partition coefficient (Wildman–Crippen LogP) is 3.71. The lowest BCUT2D eigenvalue weighted by molar-refractivity contribution is 0.409. The van der Waals surface area contributed by atoms with Crippen molar-refractivity contribution in [2.45, 2.75) is 39.7 Å². The monoisotopic (exact) mass is 242 g/mol. The molecular formula is C16H22N2. The molecule has 0 fully saturated rings. The van der Waals surface area contributed by atoms with Gasteiger partial charge in [0.2, 0.25) is 0 Å². The minimum atomic E-state index is 0.501. The van der Waals surface area contributed by atoms with Crippen LogP contribution in [0.2, 0.25) is 0 Å². The zero-order valence-corrected chi connectivity index (χ0v) is 11.5. The Bertz CT molecular complexity index is 566. The number of fused-ring (bicyclic) bond motifs is 3. The Morgan fingerprint density at radius 3 is 2.94 bits per heavy atom. The number of benzene rings is 1. The summed E-state index contributed by atoms with van der Waals surface area (Å²) in [6, 6.07) is 7.12. The van der Waals surface area contributed by atoms with Crippen molar-refractivity contribution in [1.82, 2.24) is 10.3 Å². The summed E-state index contributed by atoms with van der Waals surface area (Å²) >= 11 is 0. The van der Waals surface area contributed by atoms with E-state index in [0.29, 0.717) is 6.04 Å². The molecule has 2 nitrogen and oxygen atoms in total. The number of H-pyrrole nitrogens is 1. The van der Waals surface area contributed by atoms with Gasteiger partial charge in [0.05, 0.1) is 0 Å². The Morgan fingerprint density at radius 1 is 1.33 bits per heavy atom. The minimum Gasteiger partial charge on any atom is -0.357 e. The first kappa shape index (κ1) is 11.8. The second-order valence-electron chi connectivity index (χ2n) is 5.90. The van der Waals surface area contributed by atoms with E-state index in [1.807, 2.05) is 0 Å². The number of nitrogens with one attached hydrogen (secondary N) is 2. The molecule has 0 radical (unpaired) electrons. The fourth-order valence-corrected chi connectivity index (χ4v) is 3.15. The summed E-state index contributed by atoms with van der Waals surface area (Å²) in [5.41, 5.74) is 5.66. The van der Waals surface area contributed by atoms with E-state index < -0.39 is 0 Å². The molecule has 2 aromatic rings. The van der Waals surface area contributed by atoms with Gasteiger partial charge in [0.25, 0.3) is 0 Å². The van der Waals surface area contributed by atoms with Gasteiger partial charge in [0, 0.05) is 22.6 Å². The summed E-state index contributed by atoms with van der Waals surface area (Å²) in [5.74, 6) is 0.723. The van der Waals surface area contributed by atoms with Gasteiger partial charge in [-0.25, -0.2) is 0 Å². The maximum atomic E-state index is 3.68. The first-order chi connectivity index (χ1) is 8.66. The third kappa shape index (κ3) is 1.85. The molecule has 1 aliphatic heterocycles. The summed E-state index contributed by atoms with van der Waals surface area (Å²) in [4.78, 5) is 3.68. The van der Waals surface area contributed by atoms with Crippen LogP contribution in [0.25, 0.3) is 10.9 Å². The van der Waals surface area contributed by atoms with Gasteiger partial charge in [-0.3, -0.25) is 0 Å². The maximum Gasteiger partial charge on any atom is 0.0489 e. The van der Waals surface area contributed by atoms with Crippen LogP contribution in [-0.2, 0) is 6.42 Å². The number of para-hydroxylation sites is 1. The number of rotatable bonds is 2. The minimum absolute atomic E-state index is 0.501. The van der Waals surface area contributed by atoms with Crippen LogP contribution in [0.3, 0.4) is 0 Å². The number of aryl methyl sites for hydroxylation is 1. The summed E-state index contributed by atoms with van der Waals surface area (Å²) in [7, 11) is 0. The highest BCUT2D eigenvalue weighted by atomic mass is 15.0. The Balaban J connectivity index is 2.12. The molecule has 1 aliphatic rings. The van der Waals surface area contributed by atoms with Crippen molar-refractivity contribution in [1.29, 1.82) is 0 Å². The smallest absolute Gasteiger partial charge is 0.0489 e. The maximum absolute atomic E-state index is 3.68. The van der Waals surface area contributed by atoms with Crippen molar-refractivity contribution >= 4 is 10.9 Å². The van der Waals surface area contributed by atoms with Crippen LogP contribution in [0, 0.1) is 12.8 Å². The lowest BCUT2D eigenvalue weighted by Crippen LogP contribution is -2.30. The van der Waals surface area contributed by atoms with Gasteiger partial charge in [-0.05, 0) is 43.4 Å². The SMILES string of the molecule is Cc1cccc2c3c([nH]c12)C(CC(C)C)NCC3. The fraction of sp³-hybridized carbons (Fsp3) is 0.500. The van der Waals surface area contributed by atoms with Crippen molar-refractivity contribution in [3.05, 3.63) is 35.0 Å². The molecule has 0 saturated carbocycles. The van der Waals surface area contributed by atoms with Crippen LogP contribution >= 0.6 is 0 Å². The fourth-order valence-electron chi connectivity index (χ4n) is 3.15. The zero-order valence-electron chi connectivity index (χ0n) is 11.5. The Kier molecular flexibility index (Phi) is 2.90. The first-order valence-electron chi connectivity index (χ1n) is 7.00. The highest BCUT2D eigenvalue weighted by Gasteiger charge is 2.24. The van der Waals surface area contributed by atoms with Crippen LogP contribution in [-0.4, -0.2) is 11.5 Å². The largest absolute Gasteiger partial charge is 0.357 e. The third-order valence-corrected chi connectivity index (χ3v) is 4.00. The van der Waals surface area contributed by atoms with E-state index in [0.717, 1.165) is 18.9 Å². The van der Waals surface area contributed by atoms with Gasteiger partial charge < -0.3 is 10.3 Å². The molecule has 0 aliphatic carbocycles. The molecule has 0 saturated heterocycles. The van der Waals surface area contributed by atoms with Crippen LogP contribution in [0.5, 0.6) is 0 Å². The van der Waals surface area contributed by atoms with Crippen molar-refractivity contribution in [3.8, 4) is 0 Å². The normalized spacial score (nSPS) is 19.4. The Labute approximate surface area is 109 Å². The van der Waals surface area contributed by atoms with E-state index in [1.165, 1.54) is 34.1 Å². The molecule has 0 amide bonds. The average Bonchev–Trinajstić information content (AvgIpc) is 2.70. The van der Waals surface area contributed by atoms with Gasteiger partial charge in [-0.1, -0.05) is 32.0 Å². The number of hydrogen-bond donors (Lipinski definition) is 2. The molecule has 1 aromatic carbocycles. The van der Waals surface area contributed by atoms with Crippen LogP contribution in [0.15, 0.2) is 18.2 Å². The molecule has 3 rings (SSSR count). The van der Waals surface area contributed by atoms with Gasteiger partial charge in [-0.2, -0.15) is 0 Å². The molecule has 1 unspecified atom stereocenters. The van der Waals surface area contributed by atoms with Crippen LogP contribution in [0.1, 0.15) is 43.1 Å². The summed E-state index contributed by atoms with van der Waals surface area (Å²) in [6.45, 7) is 7.88. The molecule has 0 bridgehead atoms. The first-order valence-corrected chi connectivity index (χ1v) is 7.00. The number of hydrogen-bond acceptors (Lipinski definition) is 1. The van der Waals surface area contributed by atoms with E-state index >= 15 is 0 Å². The van der Waals surface area contributed by atoms with Gasteiger partial charge in [0.15, 0.2) is 0 Å². The van der Waals surface area contributed by atoms with Crippen molar-refractivity contribution in [3.63, 3.8) is 0 Å². The molecular weight excluding hydrogens is 220 g/mol. The Morgan fingerprint density at radius 2 is 2.17 bits per heavy atom. The molecule has 2 N–H and O–H groups in total. The Hall–Kier alpha value is -1.28. The molecule has 0 spiro atoms. The topological polar surface area (TPSA) is 27.8 Å². The second-order valence-corrected chi connectivity index (χ2v) is 5.90. The highest BCUT2D eigenvalue weighted by Crippen LogP contribution is 2.33. The van der Waals surface area contributed by atoms with Crippen molar-refractivity contribution in [2.75, 3.05) is 6.54 Å². The average molecular weight is 242 g/mol. The summed E-state index contributed by atoms with van der Waals surface area (Å²) < 4.78 is 0. The quantitative estimate of drug-likeness (QED) is 0.825. The lowest BCUT2D eigenvalue weighted by atomic mass is 9.93. The van der Waals surface area contributed by atoms with E-state index in [1.54, 1.807) is 0 Å². The van der Waals surface area contributed by atoms with Crippen LogP contribution < -0.4 is 5.32 Å². The molecule has 2 heterocycles. The van der Waals surface area contributed by atoms with E-state index in [-0.39, 0.29) is 0 Å². The van der Waals surface area contributed by atoms with Crippen molar-refractivity contribution < 1.29 is 0 Å². The van der Waals surface area contributed by atoms with Crippen LogP contribution in [0.4, 0.5) is 0 Å². The van der Waals surface area contributed by atoms with Crippen molar-refractivity contribution in [2.24, 2.45) is 5.92 Å². The number of aromatic nitrogens is 1. The van der Waals surface area contributed by atoms with E-state index in [9.17, 15) is 0 Å². The lowest BCUT2D eigenvalue weighted by Gasteiger charge is -2.25. The zero-order chi connectivity index (χ0) is 12.7. The molecule has 1 aromatic heterocycles. The van der Waals surface area contributed by atoms with Gasteiger partial charge in [0.1, 0.15) is 0 Å². The predicted molar refractivity (Wildman–Crippen MR) is 76.9 cm³/mol. The van der Waals surface area contributed by atoms with E-state index in [2.05, 4.69) is 49.3 Å².